The van der Waals surface area contributed by atoms with E-state index in [1.165, 1.54) is 11.1 Å². The van der Waals surface area contributed by atoms with Crippen LogP contribution in [0.15, 0.2) is 24.3 Å². The van der Waals surface area contributed by atoms with E-state index in [1.54, 1.807) is 7.11 Å². The number of aromatic amines is 1. The summed E-state index contributed by atoms with van der Waals surface area (Å²) in [6.07, 6.45) is 0. The molecule has 0 amide bonds. The Kier molecular flexibility index (Phi) is 4.18. The monoisotopic (exact) mass is 330 g/mol. The Bertz CT molecular complexity index is 832. The summed E-state index contributed by atoms with van der Waals surface area (Å²) in [6.45, 7) is 6.63. The third-order valence-electron chi connectivity index (χ3n) is 3.88. The molecule has 0 radical (unpaired) electrons. The number of aromatic nitrogens is 2. The van der Waals surface area contributed by atoms with Gasteiger partial charge >= 0.3 is 0 Å². The molecule has 0 saturated carbocycles. The molecule has 0 aliphatic rings. The maximum absolute atomic E-state index is 6.32. The highest BCUT2D eigenvalue weighted by molar-refractivity contribution is 6.32. The molecule has 1 heterocycles. The van der Waals surface area contributed by atoms with Gasteiger partial charge in [0, 0.05) is 5.56 Å². The van der Waals surface area contributed by atoms with Gasteiger partial charge in [-0.05, 0) is 56.2 Å². The molecule has 3 aromatic rings. The molecule has 1 N–H and O–H groups in total. The summed E-state index contributed by atoms with van der Waals surface area (Å²) in [5.74, 6) is 1.92. The predicted octanol–water partition coefficient (Wildman–Crippen LogP) is 4.91. The fourth-order valence-corrected chi connectivity index (χ4v) is 2.86. The van der Waals surface area contributed by atoms with Crippen LogP contribution in [0.25, 0.3) is 22.4 Å². The number of imidazole rings is 1. The highest BCUT2D eigenvalue weighted by atomic mass is 35.5. The van der Waals surface area contributed by atoms with Crippen LogP contribution in [0.1, 0.15) is 18.1 Å². The molecular weight excluding hydrogens is 312 g/mol. The summed E-state index contributed by atoms with van der Waals surface area (Å²) >= 11 is 6.32. The van der Waals surface area contributed by atoms with E-state index in [1.807, 2.05) is 19.1 Å². The first-order valence-corrected chi connectivity index (χ1v) is 7.89. The second kappa shape index (κ2) is 6.13. The van der Waals surface area contributed by atoms with Crippen molar-refractivity contribution in [2.24, 2.45) is 0 Å². The first-order chi connectivity index (χ1) is 11.0. The fraction of sp³-hybridized carbons (Fsp3) is 0.278. The molecule has 3 rings (SSSR count). The van der Waals surface area contributed by atoms with Crippen LogP contribution in [0.5, 0.6) is 11.5 Å². The summed E-state index contributed by atoms with van der Waals surface area (Å²) in [5, 5.41) is 0.501. The number of nitrogens with one attached hydrogen (secondary N) is 1. The maximum Gasteiger partial charge on any atom is 0.179 e. The summed E-state index contributed by atoms with van der Waals surface area (Å²) in [4.78, 5) is 8.02. The van der Waals surface area contributed by atoms with Gasteiger partial charge in [0.15, 0.2) is 11.5 Å². The molecule has 1 aromatic heterocycles. The molecule has 2 aromatic carbocycles. The van der Waals surface area contributed by atoms with Gasteiger partial charge in [-0.3, -0.25) is 0 Å². The Morgan fingerprint density at radius 2 is 1.87 bits per heavy atom. The molecule has 0 saturated heterocycles. The van der Waals surface area contributed by atoms with Gasteiger partial charge in [0.1, 0.15) is 5.82 Å². The van der Waals surface area contributed by atoms with Crippen LogP contribution in [0, 0.1) is 13.8 Å². The number of methoxy groups -OCH3 is 1. The minimum atomic E-state index is 0.501. The molecule has 5 heteroatoms. The number of hydrogen-bond acceptors (Lipinski definition) is 3. The van der Waals surface area contributed by atoms with E-state index in [4.69, 9.17) is 21.1 Å². The van der Waals surface area contributed by atoms with Crippen LogP contribution in [0.2, 0.25) is 5.02 Å². The van der Waals surface area contributed by atoms with E-state index in [0.29, 0.717) is 23.1 Å². The van der Waals surface area contributed by atoms with Gasteiger partial charge < -0.3 is 14.5 Å². The van der Waals surface area contributed by atoms with Gasteiger partial charge in [0.25, 0.3) is 0 Å². The van der Waals surface area contributed by atoms with Crippen LogP contribution in [-0.4, -0.2) is 23.7 Å². The molecular formula is C18H19ClN2O2. The van der Waals surface area contributed by atoms with Crippen molar-refractivity contribution in [2.45, 2.75) is 20.8 Å². The van der Waals surface area contributed by atoms with E-state index < -0.39 is 0 Å². The van der Waals surface area contributed by atoms with Crippen molar-refractivity contribution >= 4 is 22.6 Å². The molecule has 0 spiro atoms. The number of hydrogen-bond donors (Lipinski definition) is 1. The molecule has 0 bridgehead atoms. The van der Waals surface area contributed by atoms with Crippen molar-refractivity contribution in [2.75, 3.05) is 13.7 Å². The van der Waals surface area contributed by atoms with Crippen molar-refractivity contribution in [1.82, 2.24) is 9.97 Å². The molecule has 120 valence electrons. The Morgan fingerprint density at radius 3 is 2.57 bits per heavy atom. The Hall–Kier alpha value is -2.20. The molecule has 0 unspecified atom stereocenters. The second-order valence-corrected chi connectivity index (χ2v) is 5.87. The zero-order valence-electron chi connectivity index (χ0n) is 13.7. The largest absolute Gasteiger partial charge is 0.491 e. The Labute approximate surface area is 140 Å². The number of halogens is 1. The van der Waals surface area contributed by atoms with Crippen LogP contribution >= 0.6 is 11.6 Å². The van der Waals surface area contributed by atoms with Crippen LogP contribution in [0.3, 0.4) is 0 Å². The zero-order valence-corrected chi connectivity index (χ0v) is 14.4. The van der Waals surface area contributed by atoms with Crippen molar-refractivity contribution in [1.29, 1.82) is 0 Å². The lowest BCUT2D eigenvalue weighted by Crippen LogP contribution is -1.97. The maximum atomic E-state index is 6.32. The molecule has 0 aliphatic heterocycles. The van der Waals surface area contributed by atoms with E-state index in [0.717, 1.165) is 22.4 Å². The third-order valence-corrected chi connectivity index (χ3v) is 4.17. The average Bonchev–Trinajstić information content (AvgIpc) is 2.90. The van der Waals surface area contributed by atoms with Gasteiger partial charge in [-0.1, -0.05) is 11.6 Å². The quantitative estimate of drug-likeness (QED) is 0.739. The lowest BCUT2D eigenvalue weighted by atomic mass is 10.1. The van der Waals surface area contributed by atoms with Crippen molar-refractivity contribution in [3.63, 3.8) is 0 Å². The van der Waals surface area contributed by atoms with Crippen molar-refractivity contribution in [3.05, 3.63) is 40.4 Å². The lowest BCUT2D eigenvalue weighted by molar-refractivity contribution is 0.311. The SMILES string of the molecule is CCOc1cc(-c2nc3cc(C)c(C)cc3[nH]2)cc(Cl)c1OC. The van der Waals surface area contributed by atoms with Gasteiger partial charge in [-0.2, -0.15) is 0 Å². The van der Waals surface area contributed by atoms with Crippen LogP contribution in [-0.2, 0) is 0 Å². The zero-order chi connectivity index (χ0) is 16.6. The topological polar surface area (TPSA) is 47.1 Å². The van der Waals surface area contributed by atoms with Gasteiger partial charge in [-0.25, -0.2) is 4.98 Å². The molecule has 23 heavy (non-hydrogen) atoms. The predicted molar refractivity (Wildman–Crippen MR) is 93.7 cm³/mol. The summed E-state index contributed by atoms with van der Waals surface area (Å²) in [5.41, 5.74) is 5.26. The van der Waals surface area contributed by atoms with E-state index >= 15 is 0 Å². The fourth-order valence-electron chi connectivity index (χ4n) is 2.57. The van der Waals surface area contributed by atoms with Gasteiger partial charge in [0.05, 0.1) is 29.8 Å². The third kappa shape index (κ3) is 2.86. The van der Waals surface area contributed by atoms with Crippen LogP contribution in [0.4, 0.5) is 0 Å². The molecule has 4 nitrogen and oxygen atoms in total. The van der Waals surface area contributed by atoms with E-state index in [2.05, 4.69) is 35.9 Å². The van der Waals surface area contributed by atoms with Crippen molar-refractivity contribution < 1.29 is 9.47 Å². The van der Waals surface area contributed by atoms with Gasteiger partial charge in [0.2, 0.25) is 0 Å². The van der Waals surface area contributed by atoms with E-state index in [-0.39, 0.29) is 0 Å². The second-order valence-electron chi connectivity index (χ2n) is 5.46. The number of ether oxygens (including phenoxy) is 2. The Balaban J connectivity index is 2.14. The minimum Gasteiger partial charge on any atom is -0.491 e. The summed E-state index contributed by atoms with van der Waals surface area (Å²) in [6, 6.07) is 7.92. The molecule has 0 fully saturated rings. The molecule has 0 atom stereocenters. The average molecular weight is 331 g/mol. The Morgan fingerprint density at radius 1 is 1.13 bits per heavy atom. The summed E-state index contributed by atoms with van der Waals surface area (Å²) < 4.78 is 11.0. The van der Waals surface area contributed by atoms with Crippen LogP contribution < -0.4 is 9.47 Å². The van der Waals surface area contributed by atoms with Crippen molar-refractivity contribution in [3.8, 4) is 22.9 Å². The first-order valence-electron chi connectivity index (χ1n) is 7.51. The minimum absolute atomic E-state index is 0.501. The highest BCUT2D eigenvalue weighted by Crippen LogP contribution is 2.39. The first kappa shape index (κ1) is 15.7. The molecule has 0 aliphatic carbocycles. The van der Waals surface area contributed by atoms with E-state index in [9.17, 15) is 0 Å². The lowest BCUT2D eigenvalue weighted by Gasteiger charge is -2.12. The number of aryl methyl sites for hydroxylation is 2. The number of benzene rings is 2. The standard InChI is InChI=1S/C18H19ClN2O2/c1-5-23-16-9-12(8-13(19)17(16)22-4)18-20-14-6-10(2)11(3)7-15(14)21-18/h6-9H,5H2,1-4H3,(H,20,21). The highest BCUT2D eigenvalue weighted by Gasteiger charge is 2.15. The number of H-pyrrole nitrogens is 1. The normalized spacial score (nSPS) is 11.0. The number of nitrogens with zero attached hydrogens (tertiary/aromatic N) is 1. The summed E-state index contributed by atoms with van der Waals surface area (Å²) in [7, 11) is 1.58. The number of rotatable bonds is 4. The smallest absolute Gasteiger partial charge is 0.179 e. The number of fused-ring (bicyclic) bond motifs is 1. The van der Waals surface area contributed by atoms with Gasteiger partial charge in [-0.15, -0.1) is 0 Å².